The first kappa shape index (κ1) is 8.16. The molecule has 0 aromatic heterocycles. The maximum Gasteiger partial charge on any atom is 0.200 e. The molecule has 0 spiro atoms. The lowest BCUT2D eigenvalue weighted by molar-refractivity contribution is 0.112. The highest BCUT2D eigenvalue weighted by Crippen LogP contribution is 2.32. The average molecular weight is 184 g/mol. The first-order valence-corrected chi connectivity index (χ1v) is 3.83. The van der Waals surface area contributed by atoms with Gasteiger partial charge in [0.1, 0.15) is 0 Å². The van der Waals surface area contributed by atoms with Crippen LogP contribution in [0.25, 0.3) is 0 Å². The van der Waals surface area contributed by atoms with Gasteiger partial charge in [-0.2, -0.15) is 4.39 Å². The van der Waals surface area contributed by atoms with Crippen LogP contribution in [0.2, 0.25) is 0 Å². The summed E-state index contributed by atoms with van der Waals surface area (Å²) in [7, 11) is 0. The standard InChI is InChI=1S/C9H6F2O2/c10-7-3-5(4-12)6-1-2-13-9(6)8(7)11/h3-4H,1-2H2. The molecule has 1 aliphatic heterocycles. The molecule has 1 heterocycles. The van der Waals surface area contributed by atoms with Crippen LogP contribution in [0.5, 0.6) is 5.75 Å². The van der Waals surface area contributed by atoms with Gasteiger partial charge in [0.05, 0.1) is 6.61 Å². The summed E-state index contributed by atoms with van der Waals surface area (Å²) in [6.45, 7) is 0.302. The molecule has 13 heavy (non-hydrogen) atoms. The second kappa shape index (κ2) is 2.80. The molecule has 0 atom stereocenters. The molecular weight excluding hydrogens is 178 g/mol. The molecule has 68 valence electrons. The van der Waals surface area contributed by atoms with E-state index in [1.807, 2.05) is 0 Å². The molecule has 2 nitrogen and oxygen atoms in total. The van der Waals surface area contributed by atoms with Gasteiger partial charge in [0.2, 0.25) is 5.82 Å². The number of ether oxygens (including phenoxy) is 1. The summed E-state index contributed by atoms with van der Waals surface area (Å²) in [6.07, 6.45) is 0.969. The van der Waals surface area contributed by atoms with E-state index in [1.54, 1.807) is 0 Å². The van der Waals surface area contributed by atoms with Crippen molar-refractivity contribution in [3.05, 3.63) is 28.8 Å². The predicted molar refractivity (Wildman–Crippen MR) is 40.9 cm³/mol. The zero-order valence-electron chi connectivity index (χ0n) is 6.64. The maximum absolute atomic E-state index is 13.0. The number of benzene rings is 1. The summed E-state index contributed by atoms with van der Waals surface area (Å²) >= 11 is 0. The molecule has 0 fully saturated rings. The molecule has 2 rings (SSSR count). The van der Waals surface area contributed by atoms with Gasteiger partial charge in [-0.25, -0.2) is 4.39 Å². The molecule has 4 heteroatoms. The summed E-state index contributed by atoms with van der Waals surface area (Å²) in [5.74, 6) is -2.15. The predicted octanol–water partition coefficient (Wildman–Crippen LogP) is 1.71. The molecule has 0 N–H and O–H groups in total. The monoisotopic (exact) mass is 184 g/mol. The van der Waals surface area contributed by atoms with E-state index < -0.39 is 11.6 Å². The van der Waals surface area contributed by atoms with Crippen molar-refractivity contribution in [2.45, 2.75) is 6.42 Å². The summed E-state index contributed by atoms with van der Waals surface area (Å²) in [4.78, 5) is 10.5. The van der Waals surface area contributed by atoms with E-state index in [0.29, 0.717) is 24.9 Å². The van der Waals surface area contributed by atoms with Crippen LogP contribution in [0, 0.1) is 11.6 Å². The fraction of sp³-hybridized carbons (Fsp3) is 0.222. The van der Waals surface area contributed by atoms with Crippen molar-refractivity contribution in [3.63, 3.8) is 0 Å². The lowest BCUT2D eigenvalue weighted by Crippen LogP contribution is -1.95. The van der Waals surface area contributed by atoms with Gasteiger partial charge in [-0.3, -0.25) is 4.79 Å². The van der Waals surface area contributed by atoms with Gasteiger partial charge in [-0.15, -0.1) is 0 Å². The van der Waals surface area contributed by atoms with Crippen LogP contribution in [0.4, 0.5) is 8.78 Å². The summed E-state index contributed by atoms with van der Waals surface area (Å²) in [5, 5.41) is 0. The Balaban J connectivity index is 2.70. The van der Waals surface area contributed by atoms with E-state index in [-0.39, 0.29) is 11.3 Å². The Morgan fingerprint density at radius 3 is 2.92 bits per heavy atom. The maximum atomic E-state index is 13.0. The molecule has 0 saturated heterocycles. The number of hydrogen-bond donors (Lipinski definition) is 0. The lowest BCUT2D eigenvalue weighted by Gasteiger charge is -2.03. The molecular formula is C9H6F2O2. The smallest absolute Gasteiger partial charge is 0.200 e. The van der Waals surface area contributed by atoms with E-state index in [0.717, 1.165) is 6.07 Å². The summed E-state index contributed by atoms with van der Waals surface area (Å²) in [5.41, 5.74) is 0.639. The SMILES string of the molecule is O=Cc1cc(F)c(F)c2c1CCO2. The van der Waals surface area contributed by atoms with Gasteiger partial charge in [-0.1, -0.05) is 0 Å². The summed E-state index contributed by atoms with van der Waals surface area (Å²) in [6, 6.07) is 0.899. The van der Waals surface area contributed by atoms with Crippen molar-refractivity contribution < 1.29 is 18.3 Å². The first-order chi connectivity index (χ1) is 6.24. The van der Waals surface area contributed by atoms with Crippen molar-refractivity contribution in [2.24, 2.45) is 0 Å². The number of carbonyl (C=O) groups is 1. The highest BCUT2D eigenvalue weighted by Gasteiger charge is 2.23. The fourth-order valence-electron chi connectivity index (χ4n) is 1.43. The molecule has 0 unspecified atom stereocenters. The molecule has 0 radical (unpaired) electrons. The van der Waals surface area contributed by atoms with Gasteiger partial charge in [0.25, 0.3) is 0 Å². The van der Waals surface area contributed by atoms with E-state index in [1.165, 1.54) is 0 Å². The fourth-order valence-corrected chi connectivity index (χ4v) is 1.43. The Kier molecular flexibility index (Phi) is 1.76. The second-order valence-corrected chi connectivity index (χ2v) is 2.79. The van der Waals surface area contributed by atoms with Gasteiger partial charge in [0.15, 0.2) is 17.9 Å². The van der Waals surface area contributed by atoms with Gasteiger partial charge < -0.3 is 4.74 Å². The third-order valence-corrected chi connectivity index (χ3v) is 2.04. The van der Waals surface area contributed by atoms with E-state index >= 15 is 0 Å². The Hall–Kier alpha value is -1.45. The number of halogens is 2. The van der Waals surface area contributed by atoms with Crippen LogP contribution in [0.15, 0.2) is 6.07 Å². The van der Waals surface area contributed by atoms with Crippen molar-refractivity contribution in [2.75, 3.05) is 6.61 Å². The second-order valence-electron chi connectivity index (χ2n) is 2.79. The zero-order chi connectivity index (χ0) is 9.42. The Labute approximate surface area is 73.1 Å². The molecule has 0 amide bonds. The first-order valence-electron chi connectivity index (χ1n) is 3.83. The lowest BCUT2D eigenvalue weighted by atomic mass is 10.1. The molecule has 1 aromatic rings. The highest BCUT2D eigenvalue weighted by molar-refractivity contribution is 5.79. The van der Waals surface area contributed by atoms with Crippen LogP contribution in [-0.4, -0.2) is 12.9 Å². The van der Waals surface area contributed by atoms with Gasteiger partial charge in [0, 0.05) is 17.5 Å². The minimum Gasteiger partial charge on any atom is -0.490 e. The van der Waals surface area contributed by atoms with Crippen molar-refractivity contribution in [3.8, 4) is 5.75 Å². The van der Waals surface area contributed by atoms with Crippen LogP contribution < -0.4 is 4.74 Å². The largest absolute Gasteiger partial charge is 0.490 e. The van der Waals surface area contributed by atoms with Crippen molar-refractivity contribution in [1.29, 1.82) is 0 Å². The molecule has 0 saturated carbocycles. The van der Waals surface area contributed by atoms with E-state index in [4.69, 9.17) is 4.74 Å². The molecule has 0 aliphatic carbocycles. The van der Waals surface area contributed by atoms with E-state index in [9.17, 15) is 13.6 Å². The molecule has 0 bridgehead atoms. The van der Waals surface area contributed by atoms with Crippen molar-refractivity contribution in [1.82, 2.24) is 0 Å². The number of rotatable bonds is 1. The Morgan fingerprint density at radius 1 is 1.46 bits per heavy atom. The summed E-state index contributed by atoms with van der Waals surface area (Å²) < 4.78 is 30.7. The molecule has 1 aliphatic rings. The molecule has 1 aromatic carbocycles. The van der Waals surface area contributed by atoms with Gasteiger partial charge in [-0.05, 0) is 6.07 Å². The average Bonchev–Trinajstić information content (AvgIpc) is 2.60. The number of carbonyl (C=O) groups excluding carboxylic acids is 1. The number of fused-ring (bicyclic) bond motifs is 1. The number of aldehydes is 1. The number of hydrogen-bond acceptors (Lipinski definition) is 2. The third kappa shape index (κ3) is 1.09. The normalized spacial score (nSPS) is 13.7. The highest BCUT2D eigenvalue weighted by atomic mass is 19.2. The minimum atomic E-state index is -1.04. The zero-order valence-corrected chi connectivity index (χ0v) is 6.64. The van der Waals surface area contributed by atoms with Gasteiger partial charge >= 0.3 is 0 Å². The van der Waals surface area contributed by atoms with Crippen LogP contribution in [-0.2, 0) is 6.42 Å². The van der Waals surface area contributed by atoms with Crippen LogP contribution in [0.1, 0.15) is 15.9 Å². The Bertz CT molecular complexity index is 374. The van der Waals surface area contributed by atoms with E-state index in [2.05, 4.69) is 0 Å². The Morgan fingerprint density at radius 2 is 2.23 bits per heavy atom. The van der Waals surface area contributed by atoms with Crippen LogP contribution in [0.3, 0.4) is 0 Å². The third-order valence-electron chi connectivity index (χ3n) is 2.04. The quantitative estimate of drug-likeness (QED) is 0.621. The topological polar surface area (TPSA) is 26.3 Å². The van der Waals surface area contributed by atoms with Crippen molar-refractivity contribution >= 4 is 6.29 Å². The van der Waals surface area contributed by atoms with Crippen LogP contribution >= 0.6 is 0 Å². The minimum absolute atomic E-state index is 0.109.